The molecule has 2 aliphatic heterocycles. The van der Waals surface area contributed by atoms with Crippen LogP contribution in [0.2, 0.25) is 0 Å². The van der Waals surface area contributed by atoms with E-state index in [-0.39, 0.29) is 24.1 Å². The average molecular weight is 304 g/mol. The first-order valence-electron chi connectivity index (χ1n) is 7.54. The summed E-state index contributed by atoms with van der Waals surface area (Å²) >= 11 is 0. The summed E-state index contributed by atoms with van der Waals surface area (Å²) < 4.78 is 0. The highest BCUT2D eigenvalue weighted by molar-refractivity contribution is 6.06. The SMILES string of the molecule is Cc1n[nH]c(C)c1CCC(=O)N1CC[C@]2(CC(=O)NC2=O)C1. The van der Waals surface area contributed by atoms with E-state index in [9.17, 15) is 14.4 Å². The predicted octanol–water partition coefficient (Wildman–Crippen LogP) is 0.224. The van der Waals surface area contributed by atoms with Crippen LogP contribution in [0.3, 0.4) is 0 Å². The van der Waals surface area contributed by atoms with Crippen molar-refractivity contribution in [2.75, 3.05) is 13.1 Å². The Morgan fingerprint density at radius 2 is 2.14 bits per heavy atom. The summed E-state index contributed by atoms with van der Waals surface area (Å²) in [6.07, 6.45) is 1.81. The largest absolute Gasteiger partial charge is 0.342 e. The Morgan fingerprint density at radius 1 is 1.36 bits per heavy atom. The quantitative estimate of drug-likeness (QED) is 0.781. The number of aromatic amines is 1. The first-order chi connectivity index (χ1) is 10.4. The Balaban J connectivity index is 1.60. The molecule has 3 heterocycles. The minimum atomic E-state index is -0.686. The molecule has 3 rings (SSSR count). The zero-order valence-corrected chi connectivity index (χ0v) is 12.9. The third kappa shape index (κ3) is 2.40. The number of amides is 3. The van der Waals surface area contributed by atoms with Gasteiger partial charge in [0.2, 0.25) is 17.7 Å². The second kappa shape index (κ2) is 5.23. The standard InChI is InChI=1S/C15H20N4O3/c1-9-11(10(2)18-17-9)3-4-13(21)19-6-5-15(8-19)7-12(20)16-14(15)22/h3-8H2,1-2H3,(H,17,18)(H,16,20,22)/t15-/m0/s1. The van der Waals surface area contributed by atoms with Crippen LogP contribution in [0.25, 0.3) is 0 Å². The number of hydrogen-bond acceptors (Lipinski definition) is 4. The zero-order valence-electron chi connectivity index (χ0n) is 12.9. The van der Waals surface area contributed by atoms with Crippen molar-refractivity contribution in [2.24, 2.45) is 5.41 Å². The molecule has 7 heteroatoms. The molecule has 7 nitrogen and oxygen atoms in total. The van der Waals surface area contributed by atoms with Crippen molar-refractivity contribution in [3.05, 3.63) is 17.0 Å². The Morgan fingerprint density at radius 3 is 2.73 bits per heavy atom. The molecule has 0 aliphatic carbocycles. The fraction of sp³-hybridized carbons (Fsp3) is 0.600. The molecule has 1 atom stereocenters. The lowest BCUT2D eigenvalue weighted by molar-refractivity contribution is -0.131. The highest BCUT2D eigenvalue weighted by Gasteiger charge is 2.51. The average Bonchev–Trinajstić information content (AvgIpc) is 3.10. The first-order valence-corrected chi connectivity index (χ1v) is 7.54. The number of nitrogens with one attached hydrogen (secondary N) is 2. The van der Waals surface area contributed by atoms with Crippen LogP contribution in [0, 0.1) is 19.3 Å². The molecule has 1 aromatic rings. The molecule has 118 valence electrons. The molecule has 0 bridgehead atoms. The Hall–Kier alpha value is -2.18. The maximum atomic E-state index is 12.4. The van der Waals surface area contributed by atoms with Gasteiger partial charge in [0.15, 0.2) is 0 Å². The van der Waals surface area contributed by atoms with Crippen LogP contribution >= 0.6 is 0 Å². The van der Waals surface area contributed by atoms with Gasteiger partial charge in [0.25, 0.3) is 0 Å². The molecule has 0 radical (unpaired) electrons. The lowest BCUT2D eigenvalue weighted by atomic mass is 9.85. The van der Waals surface area contributed by atoms with Gasteiger partial charge in [0.1, 0.15) is 0 Å². The van der Waals surface area contributed by atoms with E-state index in [1.807, 2.05) is 13.8 Å². The topological polar surface area (TPSA) is 95.2 Å². The normalized spacial score (nSPS) is 24.4. The number of likely N-dealkylation sites (tertiary alicyclic amines) is 1. The Labute approximate surface area is 128 Å². The van der Waals surface area contributed by atoms with Gasteiger partial charge in [0, 0.05) is 31.6 Å². The summed E-state index contributed by atoms with van der Waals surface area (Å²) in [5.74, 6) is -0.428. The molecule has 2 aliphatic rings. The minimum absolute atomic E-state index is 0.0315. The van der Waals surface area contributed by atoms with E-state index in [2.05, 4.69) is 15.5 Å². The summed E-state index contributed by atoms with van der Waals surface area (Å²) in [4.78, 5) is 37.4. The fourth-order valence-electron chi connectivity index (χ4n) is 3.44. The number of carbonyl (C=O) groups excluding carboxylic acids is 3. The van der Waals surface area contributed by atoms with Crippen LogP contribution in [-0.4, -0.2) is 45.9 Å². The molecule has 0 unspecified atom stereocenters. The number of aryl methyl sites for hydroxylation is 2. The second-order valence-corrected chi connectivity index (χ2v) is 6.31. The van der Waals surface area contributed by atoms with E-state index < -0.39 is 5.41 Å². The maximum absolute atomic E-state index is 12.4. The first kappa shape index (κ1) is 14.7. The van der Waals surface area contributed by atoms with Crippen LogP contribution in [0.15, 0.2) is 0 Å². The van der Waals surface area contributed by atoms with Gasteiger partial charge in [-0.1, -0.05) is 0 Å². The second-order valence-electron chi connectivity index (χ2n) is 6.31. The molecule has 0 saturated carbocycles. The van der Waals surface area contributed by atoms with Crippen LogP contribution in [-0.2, 0) is 20.8 Å². The molecule has 2 saturated heterocycles. The van der Waals surface area contributed by atoms with Crippen molar-refractivity contribution in [1.82, 2.24) is 20.4 Å². The lowest BCUT2D eigenvalue weighted by Gasteiger charge is -2.20. The van der Waals surface area contributed by atoms with E-state index in [0.717, 1.165) is 17.0 Å². The number of aromatic nitrogens is 2. The lowest BCUT2D eigenvalue weighted by Crippen LogP contribution is -2.36. The van der Waals surface area contributed by atoms with Gasteiger partial charge >= 0.3 is 0 Å². The molecular weight excluding hydrogens is 284 g/mol. The monoisotopic (exact) mass is 304 g/mol. The number of carbonyl (C=O) groups is 3. The predicted molar refractivity (Wildman–Crippen MR) is 77.8 cm³/mol. The van der Waals surface area contributed by atoms with Crippen LogP contribution in [0.5, 0.6) is 0 Å². The van der Waals surface area contributed by atoms with Gasteiger partial charge < -0.3 is 4.90 Å². The van der Waals surface area contributed by atoms with Crippen molar-refractivity contribution in [3.63, 3.8) is 0 Å². The van der Waals surface area contributed by atoms with Crippen molar-refractivity contribution < 1.29 is 14.4 Å². The molecule has 1 spiro atoms. The van der Waals surface area contributed by atoms with Crippen molar-refractivity contribution in [3.8, 4) is 0 Å². The number of rotatable bonds is 3. The fourth-order valence-corrected chi connectivity index (χ4v) is 3.44. The molecular formula is C15H20N4O3. The van der Waals surface area contributed by atoms with Crippen molar-refractivity contribution in [2.45, 2.75) is 39.5 Å². The van der Waals surface area contributed by atoms with Gasteiger partial charge in [-0.3, -0.25) is 24.8 Å². The Bertz CT molecular complexity index is 632. The Kier molecular flexibility index (Phi) is 3.50. The summed E-state index contributed by atoms with van der Waals surface area (Å²) in [5.41, 5.74) is 2.30. The summed E-state index contributed by atoms with van der Waals surface area (Å²) in [6.45, 7) is 4.76. The smallest absolute Gasteiger partial charge is 0.235 e. The van der Waals surface area contributed by atoms with Gasteiger partial charge in [-0.25, -0.2) is 0 Å². The van der Waals surface area contributed by atoms with E-state index in [1.54, 1.807) is 4.90 Å². The molecule has 2 fully saturated rings. The van der Waals surface area contributed by atoms with Crippen molar-refractivity contribution in [1.29, 1.82) is 0 Å². The summed E-state index contributed by atoms with van der Waals surface area (Å²) in [6, 6.07) is 0. The van der Waals surface area contributed by atoms with Gasteiger partial charge in [-0.05, 0) is 32.3 Å². The third-order valence-electron chi connectivity index (χ3n) is 4.81. The van der Waals surface area contributed by atoms with Gasteiger partial charge in [0.05, 0.1) is 11.1 Å². The van der Waals surface area contributed by atoms with Crippen LogP contribution in [0.1, 0.15) is 36.2 Å². The van der Waals surface area contributed by atoms with E-state index in [0.29, 0.717) is 32.4 Å². The van der Waals surface area contributed by atoms with Gasteiger partial charge in [-0.2, -0.15) is 5.10 Å². The van der Waals surface area contributed by atoms with Crippen LogP contribution < -0.4 is 5.32 Å². The molecule has 3 amide bonds. The highest BCUT2D eigenvalue weighted by Crippen LogP contribution is 2.37. The maximum Gasteiger partial charge on any atom is 0.235 e. The van der Waals surface area contributed by atoms with Crippen molar-refractivity contribution >= 4 is 17.7 Å². The van der Waals surface area contributed by atoms with E-state index in [1.165, 1.54) is 0 Å². The number of nitrogens with zero attached hydrogens (tertiary/aromatic N) is 2. The molecule has 1 aromatic heterocycles. The number of imide groups is 1. The molecule has 0 aromatic carbocycles. The molecule has 2 N–H and O–H groups in total. The van der Waals surface area contributed by atoms with Gasteiger partial charge in [-0.15, -0.1) is 0 Å². The summed E-state index contributed by atoms with van der Waals surface area (Å²) in [7, 11) is 0. The highest BCUT2D eigenvalue weighted by atomic mass is 16.2. The number of hydrogen-bond donors (Lipinski definition) is 2. The minimum Gasteiger partial charge on any atom is -0.342 e. The van der Waals surface area contributed by atoms with E-state index >= 15 is 0 Å². The number of H-pyrrole nitrogens is 1. The third-order valence-corrected chi connectivity index (χ3v) is 4.81. The van der Waals surface area contributed by atoms with E-state index in [4.69, 9.17) is 0 Å². The zero-order chi connectivity index (χ0) is 15.9. The molecule has 22 heavy (non-hydrogen) atoms. The van der Waals surface area contributed by atoms with Crippen LogP contribution in [0.4, 0.5) is 0 Å². The summed E-state index contributed by atoms with van der Waals surface area (Å²) in [5, 5.41) is 9.39.